The lowest BCUT2D eigenvalue weighted by atomic mass is 10.2. The Hall–Kier alpha value is -2.17. The average molecular weight is 400 g/mol. The third-order valence-corrected chi connectivity index (χ3v) is 6.02. The maximum atomic E-state index is 12.5. The monoisotopic (exact) mass is 400 g/mol. The van der Waals surface area contributed by atoms with Gasteiger partial charge in [-0.3, -0.25) is 9.63 Å². The second-order valence-electron chi connectivity index (χ2n) is 6.04. The molecule has 0 aromatic heterocycles. The minimum atomic E-state index is -4.04. The predicted molar refractivity (Wildman–Crippen MR) is 95.6 cm³/mol. The van der Waals surface area contributed by atoms with Crippen LogP contribution in [0.25, 0.3) is 0 Å². The summed E-state index contributed by atoms with van der Waals surface area (Å²) in [5.74, 6) is -1.01. The molecule has 1 amide bonds. The summed E-state index contributed by atoms with van der Waals surface area (Å²) < 4.78 is 36.0. The summed E-state index contributed by atoms with van der Waals surface area (Å²) in [6.07, 6.45) is 0.900. The van der Waals surface area contributed by atoms with E-state index < -0.39 is 22.1 Å². The minimum Gasteiger partial charge on any atom is -0.495 e. The van der Waals surface area contributed by atoms with E-state index >= 15 is 0 Å². The molecular weight excluding hydrogens is 376 g/mol. The summed E-state index contributed by atoms with van der Waals surface area (Å²) in [7, 11) is -0.306. The topological polar surface area (TPSA) is 102 Å². The smallest absolute Gasteiger partial charge is 0.338 e. The molecule has 1 aliphatic rings. The fraction of sp³-hybridized carbons (Fsp3) is 0.529. The zero-order valence-corrected chi connectivity index (χ0v) is 16.6. The number of rotatable bonds is 7. The molecule has 150 valence electrons. The Labute approximate surface area is 158 Å². The number of sulfonamides is 1. The minimum absolute atomic E-state index is 0.0139. The molecule has 1 fully saturated rings. The summed E-state index contributed by atoms with van der Waals surface area (Å²) in [6.45, 7) is 2.79. The zero-order valence-electron chi connectivity index (χ0n) is 15.8. The lowest BCUT2D eigenvalue weighted by molar-refractivity contribution is -0.138. The first kappa shape index (κ1) is 21.1. The molecule has 27 heavy (non-hydrogen) atoms. The first-order chi connectivity index (χ1) is 12.7. The largest absolute Gasteiger partial charge is 0.495 e. The van der Waals surface area contributed by atoms with Crippen molar-refractivity contribution < 1.29 is 32.3 Å². The maximum Gasteiger partial charge on any atom is 0.338 e. The number of likely N-dealkylation sites (tertiary alicyclic amines) is 1. The third kappa shape index (κ3) is 4.57. The van der Waals surface area contributed by atoms with Crippen LogP contribution < -0.4 is 4.74 Å². The van der Waals surface area contributed by atoms with E-state index in [2.05, 4.69) is 0 Å². The normalized spacial score (nSPS) is 15.7. The number of hydrogen-bond acceptors (Lipinski definition) is 7. The lowest BCUT2D eigenvalue weighted by Gasteiger charge is -2.21. The van der Waals surface area contributed by atoms with Crippen molar-refractivity contribution in [3.8, 4) is 5.75 Å². The Bertz CT molecular complexity index is 803. The second kappa shape index (κ2) is 8.68. The van der Waals surface area contributed by atoms with Crippen LogP contribution in [-0.2, 0) is 24.4 Å². The van der Waals surface area contributed by atoms with Crippen LogP contribution in [0.2, 0.25) is 0 Å². The van der Waals surface area contributed by atoms with Gasteiger partial charge in [-0.05, 0) is 38.0 Å². The number of hydrogen-bond donors (Lipinski definition) is 0. The van der Waals surface area contributed by atoms with Crippen molar-refractivity contribution >= 4 is 21.9 Å². The third-order valence-electron chi connectivity index (χ3n) is 4.32. The highest BCUT2D eigenvalue weighted by atomic mass is 32.2. The molecule has 1 saturated heterocycles. The van der Waals surface area contributed by atoms with Crippen molar-refractivity contribution in [3.05, 3.63) is 23.8 Å². The molecule has 1 aromatic carbocycles. The molecule has 0 spiro atoms. The molecule has 0 radical (unpaired) electrons. The molecular formula is C17H24N2O7S. The van der Waals surface area contributed by atoms with Crippen molar-refractivity contribution in [2.75, 3.05) is 34.4 Å². The molecule has 2 rings (SSSR count). The summed E-state index contributed by atoms with van der Waals surface area (Å²) in [4.78, 5) is 30.8. The van der Waals surface area contributed by atoms with Crippen molar-refractivity contribution in [3.63, 3.8) is 0 Å². The number of amides is 1. The van der Waals surface area contributed by atoms with Crippen molar-refractivity contribution in [1.82, 2.24) is 9.37 Å². The molecule has 1 atom stereocenters. The highest BCUT2D eigenvalue weighted by Crippen LogP contribution is 2.28. The number of methoxy groups -OCH3 is 1. The molecule has 0 bridgehead atoms. The van der Waals surface area contributed by atoms with Gasteiger partial charge in [-0.1, -0.05) is 4.47 Å². The van der Waals surface area contributed by atoms with E-state index in [1.165, 1.54) is 40.3 Å². The van der Waals surface area contributed by atoms with Crippen LogP contribution in [0.1, 0.15) is 30.1 Å². The maximum absolute atomic E-state index is 12.5. The second-order valence-corrected chi connectivity index (χ2v) is 7.95. The number of esters is 1. The van der Waals surface area contributed by atoms with Gasteiger partial charge in [0.2, 0.25) is 0 Å². The Morgan fingerprint density at radius 3 is 2.37 bits per heavy atom. The van der Waals surface area contributed by atoms with Crippen LogP contribution in [0, 0.1) is 0 Å². The Balaban J connectivity index is 2.24. The van der Waals surface area contributed by atoms with Crippen LogP contribution in [0.3, 0.4) is 0 Å². The molecule has 0 unspecified atom stereocenters. The highest BCUT2D eigenvalue weighted by Gasteiger charge is 2.29. The van der Waals surface area contributed by atoms with E-state index in [1.54, 1.807) is 4.90 Å². The van der Waals surface area contributed by atoms with Gasteiger partial charge >= 0.3 is 5.97 Å². The van der Waals surface area contributed by atoms with Gasteiger partial charge in [0.05, 0.1) is 19.8 Å². The van der Waals surface area contributed by atoms with Crippen molar-refractivity contribution in [2.45, 2.75) is 30.8 Å². The van der Waals surface area contributed by atoms with Gasteiger partial charge in [-0.25, -0.2) is 13.2 Å². The number of ether oxygens (including phenoxy) is 2. The number of hydroxylamine groups is 1. The van der Waals surface area contributed by atoms with Crippen LogP contribution in [0.15, 0.2) is 23.1 Å². The highest BCUT2D eigenvalue weighted by molar-refractivity contribution is 7.89. The van der Waals surface area contributed by atoms with Gasteiger partial charge < -0.3 is 14.4 Å². The van der Waals surface area contributed by atoms with Crippen LogP contribution >= 0.6 is 0 Å². The van der Waals surface area contributed by atoms with Gasteiger partial charge in [0.15, 0.2) is 6.10 Å². The molecule has 1 aromatic rings. The van der Waals surface area contributed by atoms with E-state index in [9.17, 15) is 18.0 Å². The Morgan fingerprint density at radius 1 is 1.19 bits per heavy atom. The first-order valence-electron chi connectivity index (χ1n) is 8.43. The van der Waals surface area contributed by atoms with Gasteiger partial charge in [0, 0.05) is 20.1 Å². The van der Waals surface area contributed by atoms with E-state index in [4.69, 9.17) is 14.3 Å². The molecule has 0 saturated carbocycles. The Kier molecular flexibility index (Phi) is 6.79. The predicted octanol–water partition coefficient (Wildman–Crippen LogP) is 1.04. The summed E-state index contributed by atoms with van der Waals surface area (Å²) in [6, 6.07) is 3.86. The van der Waals surface area contributed by atoms with Gasteiger partial charge in [-0.15, -0.1) is 0 Å². The summed E-state index contributed by atoms with van der Waals surface area (Å²) >= 11 is 0. The summed E-state index contributed by atoms with van der Waals surface area (Å²) in [5.41, 5.74) is -0.0139. The van der Waals surface area contributed by atoms with Crippen LogP contribution in [-0.4, -0.2) is 70.1 Å². The quantitative estimate of drug-likeness (QED) is 0.498. The number of benzene rings is 1. The summed E-state index contributed by atoms with van der Waals surface area (Å²) in [5, 5.41) is 0. The van der Waals surface area contributed by atoms with Crippen LogP contribution in [0.4, 0.5) is 0 Å². The van der Waals surface area contributed by atoms with Crippen LogP contribution in [0.5, 0.6) is 5.75 Å². The molecule has 10 heteroatoms. The molecule has 9 nitrogen and oxygen atoms in total. The standard InChI is InChI=1S/C17H24N2O7S/c1-12(16(20)19-9-5-6-10-19)26-17(21)13-7-8-14(24-3)15(11-13)27(22,23)18(2)25-4/h7-8,11-12H,5-6,9-10H2,1-4H3/t12-/m0/s1. The zero-order chi connectivity index (χ0) is 20.2. The van der Waals surface area contributed by atoms with E-state index in [0.717, 1.165) is 18.9 Å². The van der Waals surface area contributed by atoms with Gasteiger partial charge in [-0.2, -0.15) is 0 Å². The first-order valence-corrected chi connectivity index (χ1v) is 9.87. The number of nitrogens with zero attached hydrogens (tertiary/aromatic N) is 2. The number of carbonyl (C=O) groups excluding carboxylic acids is 2. The fourth-order valence-corrected chi connectivity index (χ4v) is 3.87. The molecule has 1 heterocycles. The average Bonchev–Trinajstić information content (AvgIpc) is 3.20. The van der Waals surface area contributed by atoms with Crippen molar-refractivity contribution in [1.29, 1.82) is 0 Å². The Morgan fingerprint density at radius 2 is 1.81 bits per heavy atom. The van der Waals surface area contributed by atoms with Gasteiger partial charge in [0.25, 0.3) is 15.9 Å². The molecule has 1 aliphatic heterocycles. The molecule has 0 aliphatic carbocycles. The fourth-order valence-electron chi connectivity index (χ4n) is 2.72. The number of carbonyl (C=O) groups is 2. The van der Waals surface area contributed by atoms with Gasteiger partial charge in [0.1, 0.15) is 10.6 Å². The SMILES string of the molecule is COc1ccc(C(=O)O[C@@H](C)C(=O)N2CCCC2)cc1S(=O)(=O)N(C)OC. The van der Waals surface area contributed by atoms with E-state index in [1.807, 2.05) is 0 Å². The van der Waals surface area contributed by atoms with Crippen molar-refractivity contribution in [2.24, 2.45) is 0 Å². The lowest BCUT2D eigenvalue weighted by Crippen LogP contribution is -2.38. The van der Waals surface area contributed by atoms with E-state index in [-0.39, 0.29) is 22.1 Å². The molecule has 0 N–H and O–H groups in total. The van der Waals surface area contributed by atoms with E-state index in [0.29, 0.717) is 17.6 Å².